The first-order valence-corrected chi connectivity index (χ1v) is 14.2. The molecule has 2 saturated heterocycles. The number of nitrogens with zero attached hydrogens (tertiary/aromatic N) is 2. The van der Waals surface area contributed by atoms with E-state index >= 15 is 0 Å². The maximum atomic E-state index is 13.6. The Kier molecular flexibility index (Phi) is 13.2. The number of carbonyl (C=O) groups excluding carboxylic acids is 5. The highest BCUT2D eigenvalue weighted by Crippen LogP contribution is 2.23. The number of guanidine groups is 1. The molecular formula is C27H46N6O6. The maximum absolute atomic E-state index is 13.6. The molecule has 12 nitrogen and oxygen atoms in total. The predicted octanol–water partition coefficient (Wildman–Crippen LogP) is 0.921. The van der Waals surface area contributed by atoms with Gasteiger partial charge in [0.05, 0.1) is 19.6 Å². The second kappa shape index (κ2) is 16.0. The van der Waals surface area contributed by atoms with Crippen LogP contribution in [0.25, 0.3) is 0 Å². The maximum Gasteiger partial charge on any atom is 0.308 e. The third kappa shape index (κ3) is 9.50. The van der Waals surface area contributed by atoms with Gasteiger partial charge in [-0.25, -0.2) is 0 Å². The van der Waals surface area contributed by atoms with Crippen molar-refractivity contribution in [2.24, 2.45) is 17.6 Å². The van der Waals surface area contributed by atoms with E-state index in [-0.39, 0.29) is 30.1 Å². The molecule has 0 saturated carbocycles. The van der Waals surface area contributed by atoms with Gasteiger partial charge in [-0.2, -0.15) is 0 Å². The molecule has 220 valence electrons. The summed E-state index contributed by atoms with van der Waals surface area (Å²) in [5.74, 6) is -2.04. The normalized spacial score (nSPS) is 20.7. The Morgan fingerprint density at radius 3 is 2.33 bits per heavy atom. The van der Waals surface area contributed by atoms with Crippen LogP contribution < -0.4 is 16.4 Å². The molecule has 2 heterocycles. The largest absolute Gasteiger partial charge is 0.469 e. The monoisotopic (exact) mass is 550 g/mol. The predicted molar refractivity (Wildman–Crippen MR) is 145 cm³/mol. The molecule has 0 aliphatic carbocycles. The fourth-order valence-electron chi connectivity index (χ4n) is 5.61. The Labute approximate surface area is 231 Å². The lowest BCUT2D eigenvalue weighted by Gasteiger charge is -2.34. The Hall–Kier alpha value is -3.18. The minimum Gasteiger partial charge on any atom is -0.469 e. The minimum atomic E-state index is -1.14. The number of carbonyl (C=O) groups is 5. The Balaban J connectivity index is 2.09. The number of hydrogen-bond acceptors (Lipinski definition) is 7. The summed E-state index contributed by atoms with van der Waals surface area (Å²) in [4.78, 5) is 66.9. The molecule has 4 atom stereocenters. The lowest BCUT2D eigenvalue weighted by molar-refractivity contribution is -0.147. The summed E-state index contributed by atoms with van der Waals surface area (Å²) in [7, 11) is 1.22. The number of nitrogens with one attached hydrogen (secondary N) is 3. The molecule has 0 bridgehead atoms. The number of rotatable bonds is 14. The number of aldehydes is 1. The van der Waals surface area contributed by atoms with E-state index in [1.165, 1.54) is 12.0 Å². The summed E-state index contributed by atoms with van der Waals surface area (Å²) in [6.07, 6.45) is 6.46. The molecule has 0 radical (unpaired) electrons. The van der Waals surface area contributed by atoms with Gasteiger partial charge in [0.15, 0.2) is 5.96 Å². The van der Waals surface area contributed by atoms with Gasteiger partial charge in [0, 0.05) is 25.6 Å². The number of likely N-dealkylation sites (tertiary alicyclic amines) is 2. The van der Waals surface area contributed by atoms with Crippen LogP contribution in [0, 0.1) is 17.2 Å². The van der Waals surface area contributed by atoms with Crippen molar-refractivity contribution in [1.29, 1.82) is 5.41 Å². The van der Waals surface area contributed by atoms with Crippen LogP contribution in [-0.4, -0.2) is 90.6 Å². The molecule has 0 unspecified atom stereocenters. The molecule has 2 aliphatic heterocycles. The van der Waals surface area contributed by atoms with E-state index < -0.39 is 35.9 Å². The van der Waals surface area contributed by atoms with E-state index in [1.54, 1.807) is 4.90 Å². The third-order valence-corrected chi connectivity index (χ3v) is 7.64. The zero-order valence-electron chi connectivity index (χ0n) is 23.6. The van der Waals surface area contributed by atoms with Crippen LogP contribution in [0.15, 0.2) is 0 Å². The lowest BCUT2D eigenvalue weighted by Crippen LogP contribution is -2.56. The number of hydrogen-bond donors (Lipinski definition) is 4. The van der Waals surface area contributed by atoms with Crippen molar-refractivity contribution >= 4 is 35.9 Å². The fourth-order valence-corrected chi connectivity index (χ4v) is 5.61. The quantitative estimate of drug-likeness (QED) is 0.107. The Morgan fingerprint density at radius 2 is 1.74 bits per heavy atom. The molecular weight excluding hydrogens is 504 g/mol. The second-order valence-electron chi connectivity index (χ2n) is 10.6. The van der Waals surface area contributed by atoms with Gasteiger partial charge in [0.1, 0.15) is 18.4 Å². The summed E-state index contributed by atoms with van der Waals surface area (Å²) >= 11 is 0. The molecule has 0 spiro atoms. The number of methoxy groups -OCH3 is 1. The molecule has 3 amide bonds. The van der Waals surface area contributed by atoms with Crippen LogP contribution in [-0.2, 0) is 28.7 Å². The van der Waals surface area contributed by atoms with Crippen molar-refractivity contribution in [3.05, 3.63) is 0 Å². The molecule has 2 fully saturated rings. The van der Waals surface area contributed by atoms with E-state index in [4.69, 9.17) is 15.9 Å². The van der Waals surface area contributed by atoms with Gasteiger partial charge in [-0.1, -0.05) is 26.7 Å². The van der Waals surface area contributed by atoms with Crippen molar-refractivity contribution in [2.75, 3.05) is 26.7 Å². The third-order valence-electron chi connectivity index (χ3n) is 7.64. The summed E-state index contributed by atoms with van der Waals surface area (Å²) in [6.45, 7) is 5.53. The summed E-state index contributed by atoms with van der Waals surface area (Å²) in [5.41, 5.74) is 5.62. The number of esters is 1. The molecule has 2 rings (SSSR count). The molecule has 0 aromatic rings. The minimum absolute atomic E-state index is 0.00388. The van der Waals surface area contributed by atoms with Crippen molar-refractivity contribution in [1.82, 2.24) is 20.4 Å². The average molecular weight is 551 g/mol. The SMILES string of the molecule is CCCC(CCC)C(=O)N[C@@H](CC(=O)OC)C(=O)N1CCC[C@H]1C(=O)N[C@H](C=O)C[C@H]1CCCN(C(=N)N)C1. The second-order valence-corrected chi connectivity index (χ2v) is 10.6. The van der Waals surface area contributed by atoms with Crippen LogP contribution in [0.4, 0.5) is 0 Å². The zero-order chi connectivity index (χ0) is 28.9. The molecule has 2 aliphatic rings. The Morgan fingerprint density at radius 1 is 1.08 bits per heavy atom. The van der Waals surface area contributed by atoms with Crippen LogP contribution in [0.1, 0.15) is 78.1 Å². The molecule has 0 aromatic heterocycles. The van der Waals surface area contributed by atoms with Crippen molar-refractivity contribution in [3.63, 3.8) is 0 Å². The van der Waals surface area contributed by atoms with Crippen molar-refractivity contribution < 1.29 is 28.7 Å². The number of nitrogens with two attached hydrogens (primary N) is 1. The van der Waals surface area contributed by atoms with Gasteiger partial charge in [0.25, 0.3) is 0 Å². The highest BCUT2D eigenvalue weighted by molar-refractivity contribution is 5.95. The fraction of sp³-hybridized carbons (Fsp3) is 0.778. The smallest absolute Gasteiger partial charge is 0.308 e. The first-order chi connectivity index (χ1) is 18.6. The lowest BCUT2D eigenvalue weighted by atomic mass is 9.91. The number of ether oxygens (including phenoxy) is 1. The topological polar surface area (TPSA) is 175 Å². The molecule has 39 heavy (non-hydrogen) atoms. The van der Waals surface area contributed by atoms with Gasteiger partial charge >= 0.3 is 5.97 Å². The van der Waals surface area contributed by atoms with Gasteiger partial charge < -0.3 is 35.7 Å². The van der Waals surface area contributed by atoms with Crippen molar-refractivity contribution in [3.8, 4) is 0 Å². The average Bonchev–Trinajstić information content (AvgIpc) is 3.42. The van der Waals surface area contributed by atoms with Gasteiger partial charge in [0.2, 0.25) is 17.7 Å². The van der Waals surface area contributed by atoms with Crippen LogP contribution in [0.3, 0.4) is 0 Å². The van der Waals surface area contributed by atoms with E-state index in [0.29, 0.717) is 58.0 Å². The number of piperidine rings is 1. The molecule has 5 N–H and O–H groups in total. The molecule has 12 heteroatoms. The van der Waals surface area contributed by atoms with Gasteiger partial charge in [-0.05, 0) is 50.9 Å². The van der Waals surface area contributed by atoms with Gasteiger partial charge in [-0.3, -0.25) is 24.6 Å². The van der Waals surface area contributed by atoms with Gasteiger partial charge in [-0.15, -0.1) is 0 Å². The van der Waals surface area contributed by atoms with Crippen LogP contribution in [0.5, 0.6) is 0 Å². The first-order valence-electron chi connectivity index (χ1n) is 14.2. The highest BCUT2D eigenvalue weighted by Gasteiger charge is 2.39. The van der Waals surface area contributed by atoms with E-state index in [2.05, 4.69) is 10.6 Å². The van der Waals surface area contributed by atoms with E-state index in [1.807, 2.05) is 13.8 Å². The first kappa shape index (κ1) is 32.0. The Bertz CT molecular complexity index is 877. The highest BCUT2D eigenvalue weighted by atomic mass is 16.5. The summed E-state index contributed by atoms with van der Waals surface area (Å²) in [5, 5.41) is 13.2. The summed E-state index contributed by atoms with van der Waals surface area (Å²) in [6, 6.07) is -2.68. The zero-order valence-corrected chi connectivity index (χ0v) is 23.6. The van der Waals surface area contributed by atoms with E-state index in [0.717, 1.165) is 25.7 Å². The summed E-state index contributed by atoms with van der Waals surface area (Å²) < 4.78 is 4.76. The van der Waals surface area contributed by atoms with Crippen LogP contribution >= 0.6 is 0 Å². The van der Waals surface area contributed by atoms with E-state index in [9.17, 15) is 24.0 Å². The van der Waals surface area contributed by atoms with Crippen LogP contribution in [0.2, 0.25) is 0 Å². The molecule has 0 aromatic carbocycles. The number of amides is 3. The standard InChI is InChI=1S/C27H46N6O6/c1-4-8-19(9-5-2)24(36)31-21(15-23(35)39-3)26(38)33-13-7-11-22(33)25(37)30-20(17-34)14-18-10-6-12-32(16-18)27(28)29/h17-22H,4-16H2,1-3H3,(H3,28,29)(H,30,37)(H,31,36)/t18-,20+,21+,22+/m1/s1. The van der Waals surface area contributed by atoms with Crippen molar-refractivity contribution in [2.45, 2.75) is 96.2 Å².